The fourth-order valence-corrected chi connectivity index (χ4v) is 5.49. The Hall–Kier alpha value is -3.46. The van der Waals surface area contributed by atoms with Crippen molar-refractivity contribution in [3.05, 3.63) is 52.7 Å². The zero-order chi connectivity index (χ0) is 29.3. The highest BCUT2D eigenvalue weighted by Crippen LogP contribution is 2.36. The number of sulfone groups is 1. The van der Waals surface area contributed by atoms with E-state index in [1.165, 1.54) is 19.1 Å². The van der Waals surface area contributed by atoms with Gasteiger partial charge in [-0.25, -0.2) is 17.4 Å². The van der Waals surface area contributed by atoms with E-state index in [1.54, 1.807) is 0 Å². The number of aryl methyl sites for hydroxylation is 1. The largest absolute Gasteiger partial charge is 0.492 e. The van der Waals surface area contributed by atoms with Crippen LogP contribution in [0.5, 0.6) is 5.88 Å². The number of benzene rings is 2. The molecule has 0 saturated heterocycles. The molecule has 0 saturated carbocycles. The number of aromatic carboxylic acids is 1. The van der Waals surface area contributed by atoms with Crippen LogP contribution in [0.25, 0.3) is 5.69 Å². The highest BCUT2D eigenvalue weighted by atomic mass is 35.5. The Bertz CT molecular complexity index is 1800. The monoisotopic (exact) mass is 624 g/mol. The van der Waals surface area contributed by atoms with Gasteiger partial charge < -0.3 is 10.2 Å². The highest BCUT2D eigenvalue weighted by molar-refractivity contribution is 7.91. The van der Waals surface area contributed by atoms with Gasteiger partial charge in [0.1, 0.15) is 10.6 Å². The van der Waals surface area contributed by atoms with Crippen LogP contribution >= 0.6 is 11.6 Å². The lowest BCUT2D eigenvalue weighted by molar-refractivity contribution is 0.0696. The van der Waals surface area contributed by atoms with Crippen molar-refractivity contribution in [2.45, 2.75) is 16.7 Å². The molecule has 1 heterocycles. The molecule has 0 atom stereocenters. The van der Waals surface area contributed by atoms with Crippen LogP contribution in [0.4, 0.5) is 11.4 Å². The minimum absolute atomic E-state index is 0.0659. The third-order valence-corrected chi connectivity index (χ3v) is 8.20. The van der Waals surface area contributed by atoms with E-state index in [2.05, 4.69) is 19.5 Å². The van der Waals surface area contributed by atoms with Gasteiger partial charge >= 0.3 is 16.4 Å². The normalized spacial score (nSPS) is 12.7. The second-order valence-electron chi connectivity index (χ2n) is 7.51. The first-order chi connectivity index (χ1) is 17.9. The second kappa shape index (κ2) is 11.0. The summed E-state index contributed by atoms with van der Waals surface area (Å²) in [6.45, 7) is 0.574. The summed E-state index contributed by atoms with van der Waals surface area (Å²) < 4.78 is 92.2. The number of aromatic nitrogens is 2. The lowest BCUT2D eigenvalue weighted by Gasteiger charge is -2.07. The summed E-state index contributed by atoms with van der Waals surface area (Å²) in [6, 6.07) is 6.20. The highest BCUT2D eigenvalue weighted by Gasteiger charge is 2.23. The van der Waals surface area contributed by atoms with E-state index < -0.39 is 75.7 Å². The maximum Gasteiger partial charge on any atom is 0.397 e. The summed E-state index contributed by atoms with van der Waals surface area (Å²) in [7, 11) is -13.7. The van der Waals surface area contributed by atoms with Gasteiger partial charge in [-0.05, 0) is 43.3 Å². The lowest BCUT2D eigenvalue weighted by Crippen LogP contribution is -2.15. The standard InChI is InChI=1S/C19H17ClN4O12S3/c1-10-17(22-21-15-8-13(19(26)27)14(20)9-16(15)38(30,31)32)18(25)24(23-10)11-2-4-12(5-3-11)37(28,29)7-6-36-39(33,34)35/h2-5,8-9,25H,6-7H2,1H3,(H,26,27)(H,30,31,32)(H,33,34,35)/b22-21+. The van der Waals surface area contributed by atoms with E-state index >= 15 is 0 Å². The molecule has 0 fully saturated rings. The molecule has 4 N–H and O–H groups in total. The molecule has 3 rings (SSSR count). The Balaban J connectivity index is 1.95. The third-order valence-electron chi connectivity index (χ3n) is 4.84. The Morgan fingerprint density at radius 3 is 2.21 bits per heavy atom. The molecule has 0 spiro atoms. The zero-order valence-corrected chi connectivity index (χ0v) is 22.5. The molecule has 0 aliphatic carbocycles. The van der Waals surface area contributed by atoms with Crippen LogP contribution in [0, 0.1) is 6.92 Å². The number of aromatic hydroxyl groups is 1. The Labute approximate surface area is 225 Å². The third kappa shape index (κ3) is 7.15. The van der Waals surface area contributed by atoms with Gasteiger partial charge in [0.2, 0.25) is 5.88 Å². The molecule has 0 bridgehead atoms. The zero-order valence-electron chi connectivity index (χ0n) is 19.3. The van der Waals surface area contributed by atoms with Gasteiger partial charge in [0.15, 0.2) is 15.5 Å². The summed E-state index contributed by atoms with van der Waals surface area (Å²) in [6.07, 6.45) is 0. The van der Waals surface area contributed by atoms with E-state index in [0.29, 0.717) is 6.07 Å². The van der Waals surface area contributed by atoms with Crippen molar-refractivity contribution in [1.29, 1.82) is 0 Å². The Kier molecular flexibility index (Phi) is 8.46. The minimum Gasteiger partial charge on any atom is -0.492 e. The number of hydrogen-bond acceptors (Lipinski definition) is 12. The lowest BCUT2D eigenvalue weighted by atomic mass is 10.2. The van der Waals surface area contributed by atoms with Gasteiger partial charge in [-0.15, -0.1) is 10.2 Å². The van der Waals surface area contributed by atoms with Crippen LogP contribution in [-0.2, 0) is 34.5 Å². The maximum atomic E-state index is 12.3. The topological polar surface area (TPSA) is 252 Å². The van der Waals surface area contributed by atoms with Crippen molar-refractivity contribution in [1.82, 2.24) is 9.78 Å². The van der Waals surface area contributed by atoms with Crippen LogP contribution in [0.3, 0.4) is 0 Å². The molecule has 0 amide bonds. The van der Waals surface area contributed by atoms with Crippen LogP contribution in [0.15, 0.2) is 56.4 Å². The molecular weight excluding hydrogens is 608 g/mol. The molecule has 0 aliphatic rings. The van der Waals surface area contributed by atoms with E-state index in [9.17, 15) is 44.8 Å². The molecule has 20 heteroatoms. The quantitative estimate of drug-likeness (QED) is 0.187. The summed E-state index contributed by atoms with van der Waals surface area (Å²) in [4.78, 5) is 10.3. The van der Waals surface area contributed by atoms with Crippen molar-refractivity contribution >= 4 is 59.3 Å². The first kappa shape index (κ1) is 30.1. The van der Waals surface area contributed by atoms with Gasteiger partial charge in [0, 0.05) is 0 Å². The molecule has 0 aliphatic heterocycles. The number of hydrogen-bond donors (Lipinski definition) is 4. The number of carboxylic acid groups (broad SMARTS) is 1. The van der Waals surface area contributed by atoms with Gasteiger partial charge in [0.05, 0.1) is 39.2 Å². The number of azo groups is 1. The second-order valence-corrected chi connectivity index (χ2v) is 12.5. The molecule has 210 valence electrons. The van der Waals surface area contributed by atoms with Crippen molar-refractivity contribution in [3.8, 4) is 11.6 Å². The van der Waals surface area contributed by atoms with Crippen LogP contribution in [-0.4, -0.2) is 72.7 Å². The van der Waals surface area contributed by atoms with Crippen molar-refractivity contribution in [2.24, 2.45) is 10.2 Å². The molecule has 39 heavy (non-hydrogen) atoms. The van der Waals surface area contributed by atoms with E-state index in [1.807, 2.05) is 0 Å². The maximum absolute atomic E-state index is 12.3. The summed E-state index contributed by atoms with van der Waals surface area (Å²) >= 11 is 5.76. The summed E-state index contributed by atoms with van der Waals surface area (Å²) in [5.74, 6) is -2.89. The van der Waals surface area contributed by atoms with E-state index in [4.69, 9.17) is 16.2 Å². The fraction of sp³-hybridized carbons (Fsp3) is 0.158. The predicted octanol–water partition coefficient (Wildman–Crippen LogP) is 2.49. The molecule has 0 unspecified atom stereocenters. The first-order valence-electron chi connectivity index (χ1n) is 10.1. The molecule has 2 aromatic carbocycles. The number of nitrogens with zero attached hydrogens (tertiary/aromatic N) is 4. The van der Waals surface area contributed by atoms with Gasteiger partial charge in [0.25, 0.3) is 10.1 Å². The Morgan fingerprint density at radius 2 is 1.67 bits per heavy atom. The SMILES string of the molecule is Cc1nn(-c2ccc(S(=O)(=O)CCOS(=O)(=O)O)cc2)c(O)c1/N=N/c1cc(C(=O)O)c(Cl)cc1S(=O)(=O)O. The number of carbonyl (C=O) groups is 1. The van der Waals surface area contributed by atoms with E-state index in [-0.39, 0.29) is 22.0 Å². The smallest absolute Gasteiger partial charge is 0.397 e. The summed E-state index contributed by atoms with van der Waals surface area (Å²) in [5, 5.41) is 30.8. The molecule has 1 aromatic heterocycles. The average Bonchev–Trinajstić information content (AvgIpc) is 3.09. The molecule has 3 aromatic rings. The predicted molar refractivity (Wildman–Crippen MR) is 132 cm³/mol. The van der Waals surface area contributed by atoms with Crippen molar-refractivity contribution < 1.29 is 53.5 Å². The van der Waals surface area contributed by atoms with Crippen LogP contribution in [0.1, 0.15) is 16.1 Å². The number of halogens is 1. The van der Waals surface area contributed by atoms with Gasteiger partial charge in [-0.1, -0.05) is 11.6 Å². The molecule has 0 radical (unpaired) electrons. The fourth-order valence-electron chi connectivity index (χ4n) is 3.06. The minimum atomic E-state index is -4.90. The number of carboxylic acids is 1. The van der Waals surface area contributed by atoms with Gasteiger partial charge in [-0.3, -0.25) is 9.11 Å². The van der Waals surface area contributed by atoms with Crippen molar-refractivity contribution in [2.75, 3.05) is 12.4 Å². The van der Waals surface area contributed by atoms with E-state index in [0.717, 1.165) is 22.9 Å². The first-order valence-corrected chi connectivity index (χ1v) is 14.9. The summed E-state index contributed by atoms with van der Waals surface area (Å²) in [5.41, 5.74) is -1.20. The number of rotatable bonds is 10. The molecule has 16 nitrogen and oxygen atoms in total. The van der Waals surface area contributed by atoms with Crippen LogP contribution < -0.4 is 0 Å². The average molecular weight is 625 g/mol. The van der Waals surface area contributed by atoms with Gasteiger partial charge in [-0.2, -0.15) is 26.6 Å². The van der Waals surface area contributed by atoms with Crippen molar-refractivity contribution in [3.63, 3.8) is 0 Å². The molecular formula is C19H17ClN4O12S3. The Morgan fingerprint density at radius 1 is 1.05 bits per heavy atom. The van der Waals surface area contributed by atoms with Crippen LogP contribution in [0.2, 0.25) is 5.02 Å².